The van der Waals surface area contributed by atoms with Gasteiger partial charge in [-0.15, -0.1) is 0 Å². The molecule has 0 saturated carbocycles. The number of hydrogen-bond donors (Lipinski definition) is 1. The summed E-state index contributed by atoms with van der Waals surface area (Å²) in [4.78, 5) is 13.5. The highest BCUT2D eigenvalue weighted by Gasteiger charge is 2.18. The number of halogens is 1. The van der Waals surface area contributed by atoms with Crippen LogP contribution in [0, 0.1) is 5.82 Å². The Morgan fingerprint density at radius 2 is 2.24 bits per heavy atom. The van der Waals surface area contributed by atoms with Gasteiger partial charge in [-0.25, -0.2) is 4.39 Å². The monoisotopic (exact) mass is 241 g/mol. The van der Waals surface area contributed by atoms with Crippen LogP contribution in [-0.4, -0.2) is 42.7 Å². The van der Waals surface area contributed by atoms with Gasteiger partial charge < -0.3 is 14.7 Å². The molecule has 0 aliphatic heterocycles. The van der Waals surface area contributed by atoms with Crippen LogP contribution in [0.25, 0.3) is 0 Å². The van der Waals surface area contributed by atoms with Gasteiger partial charge in [0.2, 0.25) is 0 Å². The van der Waals surface area contributed by atoms with Crippen LogP contribution in [0.3, 0.4) is 0 Å². The van der Waals surface area contributed by atoms with E-state index >= 15 is 0 Å². The van der Waals surface area contributed by atoms with Crippen molar-refractivity contribution in [2.24, 2.45) is 0 Å². The molecular weight excluding hydrogens is 225 g/mol. The summed E-state index contributed by atoms with van der Waals surface area (Å²) >= 11 is 0. The number of methoxy groups -OCH3 is 1. The topological polar surface area (TPSA) is 49.8 Å². The van der Waals surface area contributed by atoms with Crippen LogP contribution in [0.5, 0.6) is 5.75 Å². The van der Waals surface area contributed by atoms with Gasteiger partial charge in [0.1, 0.15) is 11.6 Å². The molecule has 0 aliphatic carbocycles. The zero-order chi connectivity index (χ0) is 12.8. The lowest BCUT2D eigenvalue weighted by molar-refractivity contribution is 0.0728. The van der Waals surface area contributed by atoms with E-state index in [0.29, 0.717) is 12.3 Å². The van der Waals surface area contributed by atoms with Crippen LogP contribution in [0.2, 0.25) is 0 Å². The number of carbonyl (C=O) groups is 1. The van der Waals surface area contributed by atoms with Gasteiger partial charge >= 0.3 is 0 Å². The molecule has 1 amide bonds. The van der Waals surface area contributed by atoms with Crippen molar-refractivity contribution in [3.63, 3.8) is 0 Å². The van der Waals surface area contributed by atoms with Gasteiger partial charge in [0.15, 0.2) is 0 Å². The van der Waals surface area contributed by atoms with Gasteiger partial charge in [-0.2, -0.15) is 0 Å². The van der Waals surface area contributed by atoms with Gasteiger partial charge in [-0.3, -0.25) is 4.79 Å². The molecule has 0 unspecified atom stereocenters. The van der Waals surface area contributed by atoms with Gasteiger partial charge in [0, 0.05) is 13.1 Å². The fourth-order valence-electron chi connectivity index (χ4n) is 1.54. The van der Waals surface area contributed by atoms with Crippen molar-refractivity contribution in [3.8, 4) is 5.75 Å². The first-order valence-electron chi connectivity index (χ1n) is 5.37. The molecule has 0 saturated heterocycles. The van der Waals surface area contributed by atoms with Crippen LogP contribution in [0.15, 0.2) is 18.2 Å². The average molecular weight is 241 g/mol. The van der Waals surface area contributed by atoms with E-state index in [2.05, 4.69) is 0 Å². The highest BCUT2D eigenvalue weighted by atomic mass is 19.1. The highest BCUT2D eigenvalue weighted by molar-refractivity contribution is 5.97. The third kappa shape index (κ3) is 3.17. The summed E-state index contributed by atoms with van der Waals surface area (Å²) in [6.45, 7) is 2.32. The van der Waals surface area contributed by atoms with Gasteiger partial charge in [-0.05, 0) is 25.1 Å². The average Bonchev–Trinajstić information content (AvgIpc) is 2.35. The molecule has 0 radical (unpaired) electrons. The Morgan fingerprint density at radius 3 is 2.76 bits per heavy atom. The zero-order valence-electron chi connectivity index (χ0n) is 9.94. The molecule has 4 nitrogen and oxygen atoms in total. The molecule has 0 aliphatic rings. The minimum absolute atomic E-state index is 0.128. The molecule has 17 heavy (non-hydrogen) atoms. The Balaban J connectivity index is 3.04. The van der Waals surface area contributed by atoms with Crippen molar-refractivity contribution in [2.45, 2.75) is 6.92 Å². The summed E-state index contributed by atoms with van der Waals surface area (Å²) in [5, 5.41) is 8.85. The second-order valence-electron chi connectivity index (χ2n) is 3.45. The Labute approximate surface area is 99.6 Å². The van der Waals surface area contributed by atoms with Gasteiger partial charge in [0.25, 0.3) is 5.91 Å². The van der Waals surface area contributed by atoms with Crippen molar-refractivity contribution >= 4 is 5.91 Å². The molecule has 94 valence electrons. The number of amides is 1. The van der Waals surface area contributed by atoms with Crippen LogP contribution in [0.4, 0.5) is 4.39 Å². The van der Waals surface area contributed by atoms with Crippen molar-refractivity contribution in [3.05, 3.63) is 29.6 Å². The first-order chi connectivity index (χ1) is 8.13. The Bertz CT molecular complexity index is 395. The molecule has 0 spiro atoms. The molecule has 0 aromatic heterocycles. The summed E-state index contributed by atoms with van der Waals surface area (Å²) in [6.07, 6.45) is 0. The zero-order valence-corrected chi connectivity index (χ0v) is 9.94. The number of nitrogens with zero attached hydrogens (tertiary/aromatic N) is 1. The van der Waals surface area contributed by atoms with Crippen molar-refractivity contribution in [1.82, 2.24) is 4.90 Å². The van der Waals surface area contributed by atoms with E-state index in [1.807, 2.05) is 0 Å². The van der Waals surface area contributed by atoms with E-state index in [4.69, 9.17) is 9.84 Å². The van der Waals surface area contributed by atoms with E-state index in [-0.39, 0.29) is 24.6 Å². The third-order valence-corrected chi connectivity index (χ3v) is 2.43. The molecule has 5 heteroatoms. The maximum absolute atomic E-state index is 13.1. The van der Waals surface area contributed by atoms with E-state index in [1.165, 1.54) is 24.1 Å². The number of likely N-dealkylation sites (N-methyl/N-ethyl adjacent to an activating group) is 1. The second kappa shape index (κ2) is 6.20. The van der Waals surface area contributed by atoms with E-state index in [1.54, 1.807) is 6.92 Å². The smallest absolute Gasteiger partial charge is 0.257 e. The van der Waals surface area contributed by atoms with Crippen molar-refractivity contribution in [2.75, 3.05) is 26.8 Å². The van der Waals surface area contributed by atoms with Crippen LogP contribution in [-0.2, 0) is 0 Å². The van der Waals surface area contributed by atoms with Gasteiger partial charge in [0.05, 0.1) is 19.3 Å². The standard InChI is InChI=1S/C12H16FNO3/c1-3-14(6-7-15)12(16)10-8-9(13)4-5-11(10)17-2/h4-5,8,15H,3,6-7H2,1-2H3. The molecule has 1 aromatic rings. The lowest BCUT2D eigenvalue weighted by atomic mass is 10.1. The summed E-state index contributed by atoms with van der Waals surface area (Å²) in [5.41, 5.74) is 0.169. The van der Waals surface area contributed by atoms with Crippen molar-refractivity contribution in [1.29, 1.82) is 0 Å². The molecule has 0 atom stereocenters. The number of aliphatic hydroxyl groups excluding tert-OH is 1. The summed E-state index contributed by atoms with van der Waals surface area (Å²) in [6, 6.07) is 3.79. The molecular formula is C12H16FNO3. The predicted molar refractivity (Wildman–Crippen MR) is 61.6 cm³/mol. The van der Waals surface area contributed by atoms with Crippen molar-refractivity contribution < 1.29 is 19.0 Å². The summed E-state index contributed by atoms with van der Waals surface area (Å²) in [7, 11) is 1.42. The maximum atomic E-state index is 13.1. The summed E-state index contributed by atoms with van der Waals surface area (Å²) in [5.74, 6) is -0.514. The first kappa shape index (κ1) is 13.4. The molecule has 1 aromatic carbocycles. The minimum atomic E-state index is -0.491. The van der Waals surface area contributed by atoms with E-state index < -0.39 is 5.82 Å². The van der Waals surface area contributed by atoms with Gasteiger partial charge in [-0.1, -0.05) is 0 Å². The lowest BCUT2D eigenvalue weighted by Gasteiger charge is -2.20. The highest BCUT2D eigenvalue weighted by Crippen LogP contribution is 2.20. The largest absolute Gasteiger partial charge is 0.496 e. The number of carbonyl (C=O) groups excluding carboxylic acids is 1. The fraction of sp³-hybridized carbons (Fsp3) is 0.417. The van der Waals surface area contributed by atoms with E-state index in [9.17, 15) is 9.18 Å². The summed E-state index contributed by atoms with van der Waals surface area (Å²) < 4.78 is 18.1. The Morgan fingerprint density at radius 1 is 1.53 bits per heavy atom. The molecule has 1 N–H and O–H groups in total. The quantitative estimate of drug-likeness (QED) is 0.845. The fourth-order valence-corrected chi connectivity index (χ4v) is 1.54. The molecule has 0 heterocycles. The maximum Gasteiger partial charge on any atom is 0.257 e. The number of ether oxygens (including phenoxy) is 1. The normalized spacial score (nSPS) is 10.1. The Hall–Kier alpha value is -1.62. The second-order valence-corrected chi connectivity index (χ2v) is 3.45. The number of aliphatic hydroxyl groups is 1. The lowest BCUT2D eigenvalue weighted by Crippen LogP contribution is -2.33. The first-order valence-corrected chi connectivity index (χ1v) is 5.37. The third-order valence-electron chi connectivity index (χ3n) is 2.43. The van der Waals surface area contributed by atoms with E-state index in [0.717, 1.165) is 6.07 Å². The number of hydrogen-bond acceptors (Lipinski definition) is 3. The number of benzene rings is 1. The van der Waals surface area contributed by atoms with Crippen LogP contribution in [0.1, 0.15) is 17.3 Å². The molecule has 0 bridgehead atoms. The van der Waals surface area contributed by atoms with Crippen LogP contribution < -0.4 is 4.74 Å². The minimum Gasteiger partial charge on any atom is -0.496 e. The Kier molecular flexibility index (Phi) is 4.90. The molecule has 0 fully saturated rings. The predicted octanol–water partition coefficient (Wildman–Crippen LogP) is 1.29. The SMILES string of the molecule is CCN(CCO)C(=O)c1cc(F)ccc1OC. The van der Waals surface area contributed by atoms with Crippen LogP contribution >= 0.6 is 0 Å². The molecule has 1 rings (SSSR count). The number of rotatable bonds is 5.